The number of rotatable bonds is 6. The zero-order chi connectivity index (χ0) is 13.8. The highest BCUT2D eigenvalue weighted by Crippen LogP contribution is 2.25. The van der Waals surface area contributed by atoms with E-state index in [1.807, 2.05) is 18.2 Å². The van der Waals surface area contributed by atoms with Crippen LogP contribution in [0.4, 0.5) is 0 Å². The van der Waals surface area contributed by atoms with Crippen molar-refractivity contribution in [2.24, 2.45) is 0 Å². The van der Waals surface area contributed by atoms with Crippen molar-refractivity contribution in [2.45, 2.75) is 19.4 Å². The lowest BCUT2D eigenvalue weighted by Crippen LogP contribution is -2.14. The van der Waals surface area contributed by atoms with E-state index in [4.69, 9.17) is 21.1 Å². The van der Waals surface area contributed by atoms with Crippen molar-refractivity contribution >= 4 is 22.6 Å². The van der Waals surface area contributed by atoms with Gasteiger partial charge in [0, 0.05) is 25.5 Å². The first kappa shape index (κ1) is 14.2. The van der Waals surface area contributed by atoms with Crippen molar-refractivity contribution in [3.8, 4) is 5.75 Å². The fraction of sp³-hybridized carbons (Fsp3) is 0.500. The minimum absolute atomic E-state index is 0.209. The van der Waals surface area contributed by atoms with Crippen LogP contribution in [0.2, 0.25) is 0 Å². The lowest BCUT2D eigenvalue weighted by Gasteiger charge is -2.16. The maximum absolute atomic E-state index is 5.87. The second-order valence-electron chi connectivity index (χ2n) is 4.50. The number of aromatic nitrogens is 2. The number of aryl methyl sites for hydroxylation is 1. The average molecular weight is 283 g/mol. The normalized spacial score (nSPS) is 12.8. The number of halogens is 1. The van der Waals surface area contributed by atoms with Crippen LogP contribution < -0.4 is 4.74 Å². The second kappa shape index (κ2) is 6.26. The van der Waals surface area contributed by atoms with Gasteiger partial charge >= 0.3 is 0 Å². The Kier molecular flexibility index (Phi) is 4.66. The smallest absolute Gasteiger partial charge is 0.121 e. The molecule has 0 bridgehead atoms. The summed E-state index contributed by atoms with van der Waals surface area (Å²) >= 11 is 5.87. The number of hydrogen-bond acceptors (Lipinski definition) is 3. The zero-order valence-corrected chi connectivity index (χ0v) is 12.3. The van der Waals surface area contributed by atoms with E-state index in [1.165, 1.54) is 0 Å². The van der Waals surface area contributed by atoms with Crippen LogP contribution in [0.15, 0.2) is 18.2 Å². The van der Waals surface area contributed by atoms with Crippen molar-refractivity contribution in [3.05, 3.63) is 24.0 Å². The standard InChI is InChI=1S/C14H19ClN2O2/c1-10(9-18-2)17-13-8-11(19-3)4-5-12(13)16-14(17)6-7-15/h4-5,8,10H,6-7,9H2,1-3H3. The Balaban J connectivity index is 2.56. The van der Waals surface area contributed by atoms with Gasteiger partial charge in [-0.05, 0) is 19.1 Å². The molecular formula is C14H19ClN2O2. The Bertz CT molecular complexity index is 554. The summed E-state index contributed by atoms with van der Waals surface area (Å²) in [5.74, 6) is 2.37. The molecule has 0 saturated carbocycles. The highest BCUT2D eigenvalue weighted by molar-refractivity contribution is 6.17. The number of methoxy groups -OCH3 is 2. The first-order valence-corrected chi connectivity index (χ1v) is 6.84. The van der Waals surface area contributed by atoms with Crippen LogP contribution in [0, 0.1) is 0 Å². The molecule has 0 aliphatic carbocycles. The number of imidazole rings is 1. The van der Waals surface area contributed by atoms with Gasteiger partial charge in [0.2, 0.25) is 0 Å². The summed E-state index contributed by atoms with van der Waals surface area (Å²) in [6.45, 7) is 2.75. The molecule has 104 valence electrons. The Hall–Kier alpha value is -1.26. The van der Waals surface area contributed by atoms with E-state index in [1.54, 1.807) is 14.2 Å². The quantitative estimate of drug-likeness (QED) is 0.764. The zero-order valence-electron chi connectivity index (χ0n) is 11.5. The highest BCUT2D eigenvalue weighted by atomic mass is 35.5. The van der Waals surface area contributed by atoms with Crippen LogP contribution in [0.1, 0.15) is 18.8 Å². The van der Waals surface area contributed by atoms with Crippen LogP contribution in [0.5, 0.6) is 5.75 Å². The molecule has 2 aromatic rings. The predicted molar refractivity (Wildman–Crippen MR) is 77.3 cm³/mol. The molecule has 1 heterocycles. The molecule has 0 radical (unpaired) electrons. The number of benzene rings is 1. The largest absolute Gasteiger partial charge is 0.497 e. The van der Waals surface area contributed by atoms with Gasteiger partial charge in [-0.1, -0.05) is 0 Å². The van der Waals surface area contributed by atoms with E-state index in [0.29, 0.717) is 12.5 Å². The minimum Gasteiger partial charge on any atom is -0.497 e. The Morgan fingerprint density at radius 2 is 2.16 bits per heavy atom. The van der Waals surface area contributed by atoms with Gasteiger partial charge in [-0.15, -0.1) is 11.6 Å². The summed E-state index contributed by atoms with van der Waals surface area (Å²) in [6, 6.07) is 6.11. The second-order valence-corrected chi connectivity index (χ2v) is 4.87. The van der Waals surface area contributed by atoms with Gasteiger partial charge in [-0.25, -0.2) is 4.98 Å². The fourth-order valence-corrected chi connectivity index (χ4v) is 2.49. The molecular weight excluding hydrogens is 264 g/mol. The molecule has 1 unspecified atom stereocenters. The molecule has 0 spiro atoms. The van der Waals surface area contributed by atoms with Crippen LogP contribution in [0.3, 0.4) is 0 Å². The van der Waals surface area contributed by atoms with Crippen LogP contribution in [0.25, 0.3) is 11.0 Å². The molecule has 19 heavy (non-hydrogen) atoms. The first-order valence-electron chi connectivity index (χ1n) is 6.31. The highest BCUT2D eigenvalue weighted by Gasteiger charge is 2.16. The maximum atomic E-state index is 5.87. The van der Waals surface area contributed by atoms with Gasteiger partial charge in [0.25, 0.3) is 0 Å². The van der Waals surface area contributed by atoms with Crippen LogP contribution in [-0.2, 0) is 11.2 Å². The van der Waals surface area contributed by atoms with Gasteiger partial charge < -0.3 is 14.0 Å². The third kappa shape index (κ3) is 2.85. The molecule has 0 aliphatic heterocycles. The predicted octanol–water partition coefficient (Wildman–Crippen LogP) is 3.03. The summed E-state index contributed by atoms with van der Waals surface area (Å²) in [6.07, 6.45) is 0.743. The number of fused-ring (bicyclic) bond motifs is 1. The van der Waals surface area contributed by atoms with E-state index in [2.05, 4.69) is 16.5 Å². The SMILES string of the molecule is COCC(C)n1c(CCCl)nc2ccc(OC)cc21. The van der Waals surface area contributed by atoms with Crippen LogP contribution in [-0.4, -0.2) is 36.3 Å². The molecule has 0 fully saturated rings. The lowest BCUT2D eigenvalue weighted by molar-refractivity contribution is 0.162. The Morgan fingerprint density at radius 3 is 2.79 bits per heavy atom. The lowest BCUT2D eigenvalue weighted by atomic mass is 10.2. The third-order valence-electron chi connectivity index (χ3n) is 3.14. The molecule has 0 aliphatic rings. The number of hydrogen-bond donors (Lipinski definition) is 0. The molecule has 4 nitrogen and oxygen atoms in total. The monoisotopic (exact) mass is 282 g/mol. The van der Waals surface area contributed by atoms with E-state index in [-0.39, 0.29) is 6.04 Å². The average Bonchev–Trinajstić information content (AvgIpc) is 2.76. The topological polar surface area (TPSA) is 36.3 Å². The molecule has 0 N–H and O–H groups in total. The number of nitrogens with zero attached hydrogens (tertiary/aromatic N) is 2. The molecule has 1 aromatic heterocycles. The summed E-state index contributed by atoms with van der Waals surface area (Å²) in [5, 5.41) is 0. The maximum Gasteiger partial charge on any atom is 0.121 e. The van der Waals surface area contributed by atoms with Crippen molar-refractivity contribution in [3.63, 3.8) is 0 Å². The van der Waals surface area contributed by atoms with Gasteiger partial charge in [0.15, 0.2) is 0 Å². The van der Waals surface area contributed by atoms with Crippen molar-refractivity contribution in [2.75, 3.05) is 26.7 Å². The van der Waals surface area contributed by atoms with E-state index in [0.717, 1.165) is 29.0 Å². The van der Waals surface area contributed by atoms with Crippen molar-refractivity contribution < 1.29 is 9.47 Å². The summed E-state index contributed by atoms with van der Waals surface area (Å²) in [5.41, 5.74) is 2.02. The molecule has 1 aromatic carbocycles. The minimum atomic E-state index is 0.209. The van der Waals surface area contributed by atoms with E-state index >= 15 is 0 Å². The Morgan fingerprint density at radius 1 is 1.37 bits per heavy atom. The van der Waals surface area contributed by atoms with Gasteiger partial charge in [0.1, 0.15) is 11.6 Å². The molecule has 2 rings (SSSR count). The van der Waals surface area contributed by atoms with Gasteiger partial charge in [-0.2, -0.15) is 0 Å². The molecule has 0 saturated heterocycles. The summed E-state index contributed by atoms with van der Waals surface area (Å²) < 4.78 is 12.7. The van der Waals surface area contributed by atoms with E-state index < -0.39 is 0 Å². The molecule has 0 amide bonds. The van der Waals surface area contributed by atoms with Gasteiger partial charge in [-0.3, -0.25) is 0 Å². The first-order chi connectivity index (χ1) is 9.21. The number of ether oxygens (including phenoxy) is 2. The van der Waals surface area contributed by atoms with E-state index in [9.17, 15) is 0 Å². The molecule has 1 atom stereocenters. The summed E-state index contributed by atoms with van der Waals surface area (Å²) in [4.78, 5) is 4.65. The van der Waals surface area contributed by atoms with Crippen LogP contribution >= 0.6 is 11.6 Å². The molecule has 5 heteroatoms. The fourth-order valence-electron chi connectivity index (χ4n) is 2.32. The number of alkyl halides is 1. The third-order valence-corrected chi connectivity index (χ3v) is 3.33. The van der Waals surface area contributed by atoms with Crippen molar-refractivity contribution in [1.82, 2.24) is 9.55 Å². The Labute approximate surface area is 118 Å². The summed E-state index contributed by atoms with van der Waals surface area (Å²) in [7, 11) is 3.37. The van der Waals surface area contributed by atoms with Crippen molar-refractivity contribution in [1.29, 1.82) is 0 Å². The van der Waals surface area contributed by atoms with Gasteiger partial charge in [0.05, 0.1) is 30.8 Å².